The topological polar surface area (TPSA) is 77.1 Å². The molecule has 2 aliphatic heterocycles. The highest BCUT2D eigenvalue weighted by atomic mass is 32.2. The zero-order valence-corrected chi connectivity index (χ0v) is 20.2. The highest BCUT2D eigenvalue weighted by molar-refractivity contribution is 7.98. The maximum absolute atomic E-state index is 14.1. The predicted molar refractivity (Wildman–Crippen MR) is 136 cm³/mol. The maximum Gasteiger partial charge on any atom is 0.185 e. The number of Topliss-reactive ketones (excluding diaryl/α,β-unsaturated/α-hetero) is 1. The summed E-state index contributed by atoms with van der Waals surface area (Å²) >= 11 is 1.62. The monoisotopic (exact) mass is 477 g/mol. The van der Waals surface area contributed by atoms with Crippen molar-refractivity contribution in [3.8, 4) is 17.9 Å². The van der Waals surface area contributed by atoms with E-state index in [0.717, 1.165) is 21.6 Å². The number of nitriles is 2. The zero-order chi connectivity index (χ0) is 24.6. The van der Waals surface area contributed by atoms with E-state index in [9.17, 15) is 15.3 Å². The molecular weight excluding hydrogens is 454 g/mol. The van der Waals surface area contributed by atoms with Crippen LogP contribution in [-0.4, -0.2) is 30.1 Å². The summed E-state index contributed by atoms with van der Waals surface area (Å²) in [6.07, 6.45) is 5.83. The molecule has 3 atom stereocenters. The van der Waals surface area contributed by atoms with Gasteiger partial charge in [-0.25, -0.2) is 0 Å². The van der Waals surface area contributed by atoms with Crippen molar-refractivity contribution in [2.75, 3.05) is 13.4 Å². The van der Waals surface area contributed by atoms with Crippen LogP contribution in [0.4, 0.5) is 0 Å². The van der Waals surface area contributed by atoms with Crippen molar-refractivity contribution in [2.24, 2.45) is 5.41 Å². The van der Waals surface area contributed by atoms with Crippen molar-refractivity contribution in [1.29, 1.82) is 10.5 Å². The van der Waals surface area contributed by atoms with Gasteiger partial charge in [-0.15, -0.1) is 11.8 Å². The number of carbonyl (C=O) groups is 1. The van der Waals surface area contributed by atoms with E-state index in [1.807, 2.05) is 72.0 Å². The first-order valence-corrected chi connectivity index (χ1v) is 12.5. The minimum atomic E-state index is -1.46. The van der Waals surface area contributed by atoms with Gasteiger partial charge in [0.2, 0.25) is 0 Å². The van der Waals surface area contributed by atoms with Crippen LogP contribution in [-0.2, 0) is 0 Å². The fourth-order valence-electron chi connectivity index (χ4n) is 5.41. The number of carbonyl (C=O) groups excluding carboxylic acids is 1. The van der Waals surface area contributed by atoms with Crippen LogP contribution in [0.25, 0.3) is 6.08 Å². The number of ether oxygens (including phenoxy) is 1. The van der Waals surface area contributed by atoms with Crippen molar-refractivity contribution in [3.05, 3.63) is 101 Å². The van der Waals surface area contributed by atoms with Gasteiger partial charge in [0.1, 0.15) is 11.8 Å². The molecular formula is C29H23N3O2S. The summed E-state index contributed by atoms with van der Waals surface area (Å²) in [5.74, 6) is -0.123. The third-order valence-corrected chi connectivity index (χ3v) is 7.81. The van der Waals surface area contributed by atoms with E-state index in [2.05, 4.69) is 12.1 Å². The molecule has 5 rings (SSSR count). The Morgan fingerprint density at radius 3 is 2.31 bits per heavy atom. The third-order valence-electron chi connectivity index (χ3n) is 7.06. The number of ketones is 1. The number of hydrogen-bond acceptors (Lipinski definition) is 6. The molecule has 0 aliphatic carbocycles. The lowest BCUT2D eigenvalue weighted by Gasteiger charge is -2.34. The van der Waals surface area contributed by atoms with Gasteiger partial charge in [-0.05, 0) is 65.4 Å². The van der Waals surface area contributed by atoms with E-state index in [-0.39, 0.29) is 5.78 Å². The zero-order valence-electron chi connectivity index (χ0n) is 19.4. The highest BCUT2D eigenvalue weighted by Gasteiger charge is 2.63. The van der Waals surface area contributed by atoms with Gasteiger partial charge in [0, 0.05) is 22.6 Å². The molecule has 5 nitrogen and oxygen atoms in total. The van der Waals surface area contributed by atoms with Crippen LogP contribution in [0.1, 0.15) is 39.0 Å². The van der Waals surface area contributed by atoms with Crippen molar-refractivity contribution in [2.45, 2.75) is 22.9 Å². The predicted octanol–water partition coefficient (Wildman–Crippen LogP) is 5.83. The van der Waals surface area contributed by atoms with Crippen LogP contribution in [0.5, 0.6) is 5.75 Å². The molecule has 35 heavy (non-hydrogen) atoms. The second kappa shape index (κ2) is 8.98. The van der Waals surface area contributed by atoms with Crippen LogP contribution in [0, 0.1) is 28.1 Å². The van der Waals surface area contributed by atoms with Gasteiger partial charge < -0.3 is 9.64 Å². The molecule has 1 saturated heterocycles. The first-order valence-electron chi connectivity index (χ1n) is 11.3. The largest absolute Gasteiger partial charge is 0.497 e. The Labute approximate surface area is 209 Å². The second-order valence-electron chi connectivity index (χ2n) is 8.68. The van der Waals surface area contributed by atoms with Crippen LogP contribution in [0.15, 0.2) is 83.9 Å². The number of thioether (sulfide) groups is 1. The molecule has 0 unspecified atom stereocenters. The second-order valence-corrected chi connectivity index (χ2v) is 9.56. The summed E-state index contributed by atoms with van der Waals surface area (Å²) in [6, 6.07) is 26.1. The van der Waals surface area contributed by atoms with Crippen LogP contribution >= 0.6 is 11.8 Å². The van der Waals surface area contributed by atoms with E-state index < -0.39 is 23.4 Å². The fraction of sp³-hybridized carbons (Fsp3) is 0.207. The van der Waals surface area contributed by atoms with Crippen molar-refractivity contribution >= 4 is 23.6 Å². The van der Waals surface area contributed by atoms with Crippen molar-refractivity contribution < 1.29 is 9.53 Å². The first kappa shape index (κ1) is 22.8. The van der Waals surface area contributed by atoms with Gasteiger partial charge in [-0.1, -0.05) is 36.4 Å². The number of fused-ring (bicyclic) bond motifs is 3. The molecule has 172 valence electrons. The van der Waals surface area contributed by atoms with Crippen LogP contribution < -0.4 is 4.74 Å². The summed E-state index contributed by atoms with van der Waals surface area (Å²) < 4.78 is 5.26. The van der Waals surface area contributed by atoms with Crippen LogP contribution in [0.2, 0.25) is 0 Å². The SMILES string of the molecule is COc1ccc(C(=O)[C@@H]2[C@H](c3ccc(SC)cc3)C(C#N)(C#N)[C@@H]3c4ccccc4C=CN23)cc1. The van der Waals surface area contributed by atoms with Gasteiger partial charge in [0.25, 0.3) is 0 Å². The third kappa shape index (κ3) is 3.50. The Hall–Kier alpha value is -4.00. The van der Waals surface area contributed by atoms with Gasteiger partial charge in [-0.2, -0.15) is 10.5 Å². The standard InChI is InChI=1S/C29H23N3O2S/c1-34-22-11-7-21(8-12-22)27(33)26-25(20-9-13-23(35-2)14-10-20)29(17-30,18-31)28-24-6-4-3-5-19(24)15-16-32(26)28/h3-16,25-26,28H,1-2H3/t25-,26-,28-/m0/s1. The quantitative estimate of drug-likeness (QED) is 0.340. The first-order chi connectivity index (χ1) is 17.1. The van der Waals surface area contributed by atoms with Crippen molar-refractivity contribution in [1.82, 2.24) is 4.90 Å². The summed E-state index contributed by atoms with van der Waals surface area (Å²) in [7, 11) is 1.58. The lowest BCUT2D eigenvalue weighted by molar-refractivity contribution is 0.0874. The smallest absolute Gasteiger partial charge is 0.185 e. The van der Waals surface area contributed by atoms with E-state index in [0.29, 0.717) is 11.3 Å². The molecule has 0 aromatic heterocycles. The molecule has 0 bridgehead atoms. The molecule has 0 amide bonds. The Kier molecular flexibility index (Phi) is 5.84. The minimum Gasteiger partial charge on any atom is -0.497 e. The number of nitrogens with zero attached hydrogens (tertiary/aromatic N) is 3. The number of methoxy groups -OCH3 is 1. The van der Waals surface area contributed by atoms with E-state index >= 15 is 0 Å². The van der Waals surface area contributed by atoms with Gasteiger partial charge in [0.15, 0.2) is 11.2 Å². The van der Waals surface area contributed by atoms with Gasteiger partial charge in [-0.3, -0.25) is 4.79 Å². The maximum atomic E-state index is 14.1. The molecule has 3 aromatic carbocycles. The highest BCUT2D eigenvalue weighted by Crippen LogP contribution is 2.60. The average molecular weight is 478 g/mol. The van der Waals surface area contributed by atoms with Gasteiger partial charge >= 0.3 is 0 Å². The normalized spacial score (nSPS) is 21.4. The van der Waals surface area contributed by atoms with Crippen molar-refractivity contribution in [3.63, 3.8) is 0 Å². The summed E-state index contributed by atoms with van der Waals surface area (Å²) in [5.41, 5.74) is 1.69. The Morgan fingerprint density at radius 2 is 1.69 bits per heavy atom. The molecule has 2 aliphatic rings. The Morgan fingerprint density at radius 1 is 1.00 bits per heavy atom. The summed E-state index contributed by atoms with van der Waals surface area (Å²) in [4.78, 5) is 17.1. The molecule has 3 aromatic rings. The fourth-order valence-corrected chi connectivity index (χ4v) is 5.81. The Bertz CT molecular complexity index is 1370. The van der Waals surface area contributed by atoms with E-state index in [4.69, 9.17) is 4.74 Å². The average Bonchev–Trinajstić information content (AvgIpc) is 3.23. The number of benzene rings is 3. The molecule has 0 saturated carbocycles. The minimum absolute atomic E-state index is 0.131. The van der Waals surface area contributed by atoms with Gasteiger partial charge in [0.05, 0.1) is 25.3 Å². The van der Waals surface area contributed by atoms with E-state index in [1.165, 1.54) is 0 Å². The van der Waals surface area contributed by atoms with Crippen LogP contribution in [0.3, 0.4) is 0 Å². The molecule has 2 heterocycles. The number of hydrogen-bond donors (Lipinski definition) is 0. The molecule has 6 heteroatoms. The molecule has 0 spiro atoms. The molecule has 0 radical (unpaired) electrons. The lowest BCUT2D eigenvalue weighted by Crippen LogP contribution is -2.37. The molecule has 0 N–H and O–H groups in total. The number of rotatable bonds is 5. The summed E-state index contributed by atoms with van der Waals surface area (Å²) in [5, 5.41) is 21.2. The summed E-state index contributed by atoms with van der Waals surface area (Å²) in [6.45, 7) is 0. The Balaban J connectivity index is 1.73. The molecule has 1 fully saturated rings. The van der Waals surface area contributed by atoms with E-state index in [1.54, 1.807) is 43.1 Å². The lowest BCUT2D eigenvalue weighted by atomic mass is 9.67.